The number of likely N-dealkylation sites (N-methyl/N-ethyl adjacent to an activating group) is 2. The molecular weight excluding hydrogens is 1060 g/mol. The van der Waals surface area contributed by atoms with Gasteiger partial charge in [-0.2, -0.15) is 0 Å². The maximum Gasteiger partial charge on any atom is 0.199 e. The zero-order valence-electron chi connectivity index (χ0n) is 49.6. The molecule has 0 saturated carbocycles. The number of fused-ring (bicyclic) bond motifs is 6. The summed E-state index contributed by atoms with van der Waals surface area (Å²) in [6.45, 7) is 35.2. The van der Waals surface area contributed by atoms with Crippen molar-refractivity contribution in [2.24, 2.45) is 0 Å². The summed E-state index contributed by atoms with van der Waals surface area (Å²) in [4.78, 5) is 3.54. The molecule has 414 valence electrons. The first-order valence-corrected chi connectivity index (χ1v) is 29.3. The molecule has 2 aromatic heterocycles. The van der Waals surface area contributed by atoms with Gasteiger partial charge < -0.3 is 39.1 Å². The van der Waals surface area contributed by atoms with Crippen LogP contribution in [0.3, 0.4) is 0 Å². The van der Waals surface area contributed by atoms with Gasteiger partial charge >= 0.3 is 0 Å². The Morgan fingerprint density at radius 2 is 0.883 bits per heavy atom. The molecule has 2 saturated heterocycles. The standard InChI is InChI=1S/C32H39NO2.C20H25N.C12H15IO2.C4H12N2/c1-21-11-16-29(35-30-10-8-9-17-34-30)28(18-21)33-26-14-12-22(31(2,3)4)19-24(26)25-20-23(32(5,6)7)13-15-27(25)33;1-19(2,3)13-7-9-17-15(11-13)16-12-14(20(4,5)6)8-10-18(16)21-17;1-9-5-6-11(10(13)8-9)15-12-4-2-3-7-14-12;1-5-3-4-6-2/h11-16,18-20,30H,8-10,17H2,1-7H3;7-12,21H,1-6H3;5-6,8,12H,2-4,7H2,1H3;5-6H,3-4H2,1-2H3. The molecule has 77 heavy (non-hydrogen) atoms. The van der Waals surface area contributed by atoms with Crippen LogP contribution in [0.4, 0.5) is 0 Å². The first-order valence-electron chi connectivity index (χ1n) is 28.2. The Balaban J connectivity index is 0.000000173. The Morgan fingerprint density at radius 3 is 1.27 bits per heavy atom. The Bertz CT molecular complexity index is 3070. The minimum atomic E-state index is -0.182. The van der Waals surface area contributed by atoms with Crippen molar-refractivity contribution in [1.29, 1.82) is 0 Å². The summed E-state index contributed by atoms with van der Waals surface area (Å²) in [5.74, 6) is 1.81. The zero-order chi connectivity index (χ0) is 55.9. The third kappa shape index (κ3) is 15.5. The fourth-order valence-electron chi connectivity index (χ4n) is 9.79. The first-order chi connectivity index (χ1) is 36.3. The van der Waals surface area contributed by atoms with E-state index < -0.39 is 0 Å². The fourth-order valence-corrected chi connectivity index (χ4v) is 10.6. The Hall–Kier alpha value is -4.91. The number of hydrogen-bond donors (Lipinski definition) is 3. The fraction of sp³-hybridized carbons (Fsp3) is 0.471. The van der Waals surface area contributed by atoms with Crippen LogP contribution in [0.5, 0.6) is 11.5 Å². The molecule has 2 unspecified atom stereocenters. The van der Waals surface area contributed by atoms with Crippen LogP contribution in [0.1, 0.15) is 155 Å². The van der Waals surface area contributed by atoms with Gasteiger partial charge in [-0.05, 0) is 204 Å². The van der Waals surface area contributed by atoms with E-state index in [1.807, 2.05) is 20.2 Å². The molecule has 10 rings (SSSR count). The number of ether oxygens (including phenoxy) is 4. The molecule has 0 bridgehead atoms. The van der Waals surface area contributed by atoms with Gasteiger partial charge in [-0.1, -0.05) is 119 Å². The summed E-state index contributed by atoms with van der Waals surface area (Å²) in [6.07, 6.45) is 6.33. The highest BCUT2D eigenvalue weighted by molar-refractivity contribution is 14.1. The molecule has 2 fully saturated rings. The van der Waals surface area contributed by atoms with Gasteiger partial charge in [-0.25, -0.2) is 0 Å². The lowest BCUT2D eigenvalue weighted by Crippen LogP contribution is -2.25. The number of aryl methyl sites for hydroxylation is 2. The van der Waals surface area contributed by atoms with E-state index in [2.05, 4.69) is 243 Å². The second-order valence-electron chi connectivity index (χ2n) is 25.4. The van der Waals surface area contributed by atoms with Gasteiger partial charge in [-0.3, -0.25) is 0 Å². The summed E-state index contributed by atoms with van der Waals surface area (Å²) < 4.78 is 27.3. The molecule has 0 radical (unpaired) electrons. The van der Waals surface area contributed by atoms with Crippen LogP contribution in [-0.2, 0) is 31.1 Å². The Morgan fingerprint density at radius 1 is 0.494 bits per heavy atom. The van der Waals surface area contributed by atoms with Crippen molar-refractivity contribution in [2.75, 3.05) is 40.4 Å². The van der Waals surface area contributed by atoms with Gasteiger partial charge in [0, 0.05) is 58.5 Å². The van der Waals surface area contributed by atoms with E-state index in [0.717, 1.165) is 79.2 Å². The molecule has 8 nitrogen and oxygen atoms in total. The van der Waals surface area contributed by atoms with Crippen molar-refractivity contribution in [3.8, 4) is 17.2 Å². The number of nitrogens with zero attached hydrogens (tertiary/aromatic N) is 1. The molecule has 0 amide bonds. The SMILES string of the molecule is CC(C)(C)c1ccc2[nH]c3ccc(C(C)(C)C)cc3c2c1.CNCCNC.Cc1ccc(OC2CCCCO2)c(-n2c3ccc(C(C)(C)C)cc3c3cc(C(C)(C)C)ccc32)c1.Cc1ccc(OC2CCCCO2)c(I)c1. The second kappa shape index (κ2) is 25.5. The van der Waals surface area contributed by atoms with E-state index in [1.165, 1.54) is 83.4 Å². The highest BCUT2D eigenvalue weighted by Gasteiger charge is 2.25. The molecule has 4 heterocycles. The van der Waals surface area contributed by atoms with Crippen LogP contribution < -0.4 is 20.1 Å². The summed E-state index contributed by atoms with van der Waals surface area (Å²) in [6, 6.07) is 40.2. The van der Waals surface area contributed by atoms with Gasteiger partial charge in [0.05, 0.1) is 33.5 Å². The molecule has 6 aromatic carbocycles. The second-order valence-corrected chi connectivity index (χ2v) is 26.5. The summed E-state index contributed by atoms with van der Waals surface area (Å²) in [5, 5.41) is 11.3. The minimum absolute atomic E-state index is 0.0463. The van der Waals surface area contributed by atoms with Gasteiger partial charge in [-0.15, -0.1) is 0 Å². The van der Waals surface area contributed by atoms with Crippen LogP contribution in [0, 0.1) is 17.4 Å². The van der Waals surface area contributed by atoms with Crippen LogP contribution in [-0.4, -0.2) is 62.5 Å². The molecular formula is C68H91IN4O4. The van der Waals surface area contributed by atoms with Crippen LogP contribution >= 0.6 is 22.6 Å². The van der Waals surface area contributed by atoms with Crippen molar-refractivity contribution in [2.45, 2.75) is 170 Å². The predicted molar refractivity (Wildman–Crippen MR) is 336 cm³/mol. The highest BCUT2D eigenvalue weighted by atomic mass is 127. The minimum Gasteiger partial charge on any atom is -0.464 e. The van der Waals surface area contributed by atoms with E-state index in [0.29, 0.717) is 0 Å². The lowest BCUT2D eigenvalue weighted by molar-refractivity contribution is -0.106. The van der Waals surface area contributed by atoms with E-state index in [9.17, 15) is 0 Å². The molecule has 0 spiro atoms. The van der Waals surface area contributed by atoms with Crippen LogP contribution in [0.25, 0.3) is 49.3 Å². The number of H-pyrrole nitrogens is 1. The average Bonchev–Trinajstić information content (AvgIpc) is 3.94. The largest absolute Gasteiger partial charge is 0.464 e. The smallest absolute Gasteiger partial charge is 0.199 e. The zero-order valence-corrected chi connectivity index (χ0v) is 51.7. The molecule has 3 N–H and O–H groups in total. The number of halogens is 1. The van der Waals surface area contributed by atoms with E-state index in [1.54, 1.807) is 0 Å². The first kappa shape index (κ1) is 59.7. The normalized spacial score (nSPS) is 16.3. The number of nitrogens with one attached hydrogen (secondary N) is 3. The maximum absolute atomic E-state index is 6.48. The molecule has 2 aliphatic rings. The number of rotatable bonds is 8. The third-order valence-electron chi connectivity index (χ3n) is 14.7. The summed E-state index contributed by atoms with van der Waals surface area (Å²) >= 11 is 2.30. The number of aromatic nitrogens is 2. The highest BCUT2D eigenvalue weighted by Crippen LogP contribution is 2.41. The third-order valence-corrected chi connectivity index (χ3v) is 15.5. The van der Waals surface area contributed by atoms with Crippen LogP contribution in [0.2, 0.25) is 0 Å². The molecule has 0 aliphatic carbocycles. The van der Waals surface area contributed by atoms with Crippen molar-refractivity contribution >= 4 is 66.2 Å². The van der Waals surface area contributed by atoms with Crippen molar-refractivity contribution < 1.29 is 18.9 Å². The lowest BCUT2D eigenvalue weighted by atomic mass is 9.85. The number of hydrogen-bond acceptors (Lipinski definition) is 6. The Labute approximate surface area is 475 Å². The van der Waals surface area contributed by atoms with Gasteiger partial charge in [0.25, 0.3) is 0 Å². The number of aromatic amines is 1. The van der Waals surface area contributed by atoms with Gasteiger partial charge in [0.15, 0.2) is 12.6 Å². The van der Waals surface area contributed by atoms with Crippen molar-refractivity contribution in [1.82, 2.24) is 20.2 Å². The molecule has 9 heteroatoms. The van der Waals surface area contributed by atoms with Gasteiger partial charge in [0.2, 0.25) is 0 Å². The number of benzene rings is 6. The maximum atomic E-state index is 6.48. The molecule has 2 atom stereocenters. The summed E-state index contributed by atoms with van der Waals surface area (Å²) in [5.41, 5.74) is 14.4. The van der Waals surface area contributed by atoms with E-state index >= 15 is 0 Å². The quantitative estimate of drug-likeness (QED) is 0.104. The Kier molecular flexibility index (Phi) is 19.8. The predicted octanol–water partition coefficient (Wildman–Crippen LogP) is 17.4. The molecule has 2 aliphatic heterocycles. The van der Waals surface area contributed by atoms with Crippen molar-refractivity contribution in [3.05, 3.63) is 146 Å². The van der Waals surface area contributed by atoms with E-state index in [-0.39, 0.29) is 34.2 Å². The molecule has 8 aromatic rings. The monoisotopic (exact) mass is 1150 g/mol. The van der Waals surface area contributed by atoms with Crippen LogP contribution in [0.15, 0.2) is 109 Å². The summed E-state index contributed by atoms with van der Waals surface area (Å²) in [7, 11) is 3.88. The lowest BCUT2D eigenvalue weighted by Gasteiger charge is -2.25. The average molecular weight is 1160 g/mol. The van der Waals surface area contributed by atoms with E-state index in [4.69, 9.17) is 18.9 Å². The van der Waals surface area contributed by atoms with Crippen molar-refractivity contribution in [3.63, 3.8) is 0 Å². The topological polar surface area (TPSA) is 81.7 Å². The van der Waals surface area contributed by atoms with Gasteiger partial charge in [0.1, 0.15) is 11.5 Å².